The van der Waals surface area contributed by atoms with E-state index < -0.39 is 30.2 Å². The van der Waals surface area contributed by atoms with Gasteiger partial charge in [0.15, 0.2) is 12.3 Å². The molecule has 2 amide bonds. The number of nitrogens with one attached hydrogen (secondary N) is 3. The summed E-state index contributed by atoms with van der Waals surface area (Å²) in [4.78, 5) is 28.5. The predicted octanol–water partition coefficient (Wildman–Crippen LogP) is 3.42. The number of methoxy groups -OCH3 is 1. The number of carbonyl (C=O) groups excluding carboxylic acids is 2. The minimum absolute atomic E-state index is 0.0654. The van der Waals surface area contributed by atoms with E-state index in [2.05, 4.69) is 30.8 Å². The van der Waals surface area contributed by atoms with Gasteiger partial charge in [-0.1, -0.05) is 24.6 Å². The molecule has 0 saturated carbocycles. The van der Waals surface area contributed by atoms with Gasteiger partial charge in [0.05, 0.1) is 19.6 Å². The Labute approximate surface area is 213 Å². The SMILES string of the molecule is COC(=O)[C@@H](C)CNC(=O)NC(=NCC1=CC=C(Cl)CC1)NC1=CC(F)C(Oc2cc(C)on2)C=C1. The van der Waals surface area contributed by atoms with E-state index in [0.29, 0.717) is 18.0 Å². The third-order valence-electron chi connectivity index (χ3n) is 5.27. The predicted molar refractivity (Wildman–Crippen MR) is 132 cm³/mol. The second kappa shape index (κ2) is 12.9. The highest BCUT2D eigenvalue weighted by molar-refractivity contribution is 6.29. The molecule has 10 nitrogen and oxygen atoms in total. The van der Waals surface area contributed by atoms with Gasteiger partial charge in [0.2, 0.25) is 5.96 Å². The molecule has 1 heterocycles. The van der Waals surface area contributed by atoms with Gasteiger partial charge in [0, 0.05) is 23.3 Å². The van der Waals surface area contributed by atoms with E-state index in [1.165, 1.54) is 19.3 Å². The highest BCUT2D eigenvalue weighted by Gasteiger charge is 2.24. The fraction of sp³-hybridized carbons (Fsp3) is 0.417. The molecule has 0 spiro atoms. The Bertz CT molecular complexity index is 1110. The fourth-order valence-electron chi connectivity index (χ4n) is 3.25. The van der Waals surface area contributed by atoms with Crippen LogP contribution in [0.25, 0.3) is 0 Å². The van der Waals surface area contributed by atoms with E-state index in [1.807, 2.05) is 12.2 Å². The standard InChI is InChI=1S/C24H29ClFN5O5/c1-14(22(32)34-3)12-28-24(33)30-23(27-13-16-4-6-17(25)7-5-16)29-18-8-9-20(19(26)11-18)35-21-10-15(2)36-31-21/h4,6,8-11,14,19-20H,5,7,12-13H2,1-3H3,(H3,27,28,29,30,33)/t14-,19?,20?/m0/s1. The monoisotopic (exact) mass is 521 g/mol. The van der Waals surface area contributed by atoms with Gasteiger partial charge in [0.25, 0.3) is 5.88 Å². The molecule has 0 aliphatic heterocycles. The van der Waals surface area contributed by atoms with E-state index in [4.69, 9.17) is 20.9 Å². The van der Waals surface area contributed by atoms with E-state index in [-0.39, 0.29) is 18.4 Å². The van der Waals surface area contributed by atoms with Crippen LogP contribution in [-0.4, -0.2) is 55.6 Å². The van der Waals surface area contributed by atoms with Crippen LogP contribution in [0.5, 0.6) is 5.88 Å². The molecule has 1 aromatic rings. The minimum Gasteiger partial charge on any atom is -0.469 e. The Kier molecular flexibility index (Phi) is 9.69. The van der Waals surface area contributed by atoms with Crippen molar-refractivity contribution in [3.8, 4) is 5.88 Å². The number of amides is 2. The van der Waals surface area contributed by atoms with Crippen LogP contribution < -0.4 is 20.7 Å². The van der Waals surface area contributed by atoms with Gasteiger partial charge in [-0.3, -0.25) is 10.1 Å². The molecule has 0 aromatic carbocycles. The number of ether oxygens (including phenoxy) is 2. The maximum atomic E-state index is 14.8. The molecule has 2 unspecified atom stereocenters. The van der Waals surface area contributed by atoms with E-state index in [0.717, 1.165) is 23.4 Å². The molecule has 194 valence electrons. The number of aryl methyl sites for hydroxylation is 1. The molecule has 2 aliphatic rings. The molecule has 36 heavy (non-hydrogen) atoms. The van der Waals surface area contributed by atoms with Crippen molar-refractivity contribution in [2.45, 2.75) is 39.0 Å². The molecule has 1 aromatic heterocycles. The number of urea groups is 1. The molecule has 0 saturated heterocycles. The van der Waals surface area contributed by atoms with Crippen molar-refractivity contribution in [2.75, 3.05) is 20.2 Å². The van der Waals surface area contributed by atoms with Gasteiger partial charge in [-0.25, -0.2) is 14.2 Å². The average Bonchev–Trinajstić information content (AvgIpc) is 3.27. The lowest BCUT2D eigenvalue weighted by Gasteiger charge is -2.21. The molecular weight excluding hydrogens is 493 g/mol. The third-order valence-corrected chi connectivity index (χ3v) is 5.59. The number of aromatic nitrogens is 1. The zero-order chi connectivity index (χ0) is 26.1. The zero-order valence-corrected chi connectivity index (χ0v) is 21.0. The highest BCUT2D eigenvalue weighted by Crippen LogP contribution is 2.22. The van der Waals surface area contributed by atoms with Gasteiger partial charge in [-0.15, -0.1) is 0 Å². The second-order valence-electron chi connectivity index (χ2n) is 8.27. The number of aliphatic imine (C=N–C) groups is 1. The maximum absolute atomic E-state index is 14.8. The average molecular weight is 522 g/mol. The first-order valence-electron chi connectivity index (χ1n) is 11.4. The summed E-state index contributed by atoms with van der Waals surface area (Å²) in [6.45, 7) is 3.70. The quantitative estimate of drug-likeness (QED) is 0.272. The molecule has 0 fully saturated rings. The van der Waals surface area contributed by atoms with Crippen LogP contribution in [0, 0.1) is 12.8 Å². The van der Waals surface area contributed by atoms with Crippen LogP contribution in [-0.2, 0) is 9.53 Å². The second-order valence-corrected chi connectivity index (χ2v) is 8.76. The molecule has 3 N–H and O–H groups in total. The molecule has 3 atom stereocenters. The topological polar surface area (TPSA) is 127 Å². The van der Waals surface area contributed by atoms with Crippen molar-refractivity contribution in [3.63, 3.8) is 0 Å². The summed E-state index contributed by atoms with van der Waals surface area (Å²) < 4.78 is 29.9. The van der Waals surface area contributed by atoms with Gasteiger partial charge in [-0.05, 0) is 54.8 Å². The molecular formula is C24H29ClFN5O5. The number of rotatable bonds is 8. The molecule has 0 bridgehead atoms. The Morgan fingerprint density at radius 1 is 1.36 bits per heavy atom. The Balaban J connectivity index is 1.65. The Morgan fingerprint density at radius 3 is 2.81 bits per heavy atom. The minimum atomic E-state index is -1.49. The van der Waals surface area contributed by atoms with Crippen LogP contribution in [0.1, 0.15) is 25.5 Å². The summed E-state index contributed by atoms with van der Waals surface area (Å²) >= 11 is 6.01. The van der Waals surface area contributed by atoms with Gasteiger partial charge >= 0.3 is 12.0 Å². The number of nitrogens with zero attached hydrogens (tertiary/aromatic N) is 2. The first kappa shape index (κ1) is 27.0. The lowest BCUT2D eigenvalue weighted by atomic mass is 10.1. The Morgan fingerprint density at radius 2 is 2.17 bits per heavy atom. The Hall–Kier alpha value is -3.60. The van der Waals surface area contributed by atoms with Gasteiger partial charge in [-0.2, -0.15) is 0 Å². The van der Waals surface area contributed by atoms with Gasteiger partial charge < -0.3 is 24.6 Å². The summed E-state index contributed by atoms with van der Waals surface area (Å²) in [5, 5.41) is 12.6. The number of hydrogen-bond acceptors (Lipinski definition) is 7. The molecule has 12 heteroatoms. The van der Waals surface area contributed by atoms with Crippen molar-refractivity contribution in [1.29, 1.82) is 0 Å². The van der Waals surface area contributed by atoms with Crippen molar-refractivity contribution in [3.05, 3.63) is 58.5 Å². The maximum Gasteiger partial charge on any atom is 0.321 e. The zero-order valence-electron chi connectivity index (χ0n) is 20.2. The number of guanidine groups is 1. The van der Waals surface area contributed by atoms with Crippen molar-refractivity contribution in [1.82, 2.24) is 21.1 Å². The number of carbonyl (C=O) groups is 2. The summed E-state index contributed by atoms with van der Waals surface area (Å²) in [5.41, 5.74) is 1.40. The summed E-state index contributed by atoms with van der Waals surface area (Å²) in [6.07, 6.45) is 7.24. The smallest absolute Gasteiger partial charge is 0.321 e. The number of hydrogen-bond donors (Lipinski definition) is 3. The number of esters is 1. The van der Waals surface area contributed by atoms with E-state index in [9.17, 15) is 14.0 Å². The molecule has 3 rings (SSSR count). The molecule has 0 radical (unpaired) electrons. The lowest BCUT2D eigenvalue weighted by Crippen LogP contribution is -2.47. The summed E-state index contributed by atoms with van der Waals surface area (Å²) in [7, 11) is 1.28. The van der Waals surface area contributed by atoms with Gasteiger partial charge in [0.1, 0.15) is 5.76 Å². The normalized spacial score (nSPS) is 20.5. The van der Waals surface area contributed by atoms with Crippen molar-refractivity contribution in [2.24, 2.45) is 10.9 Å². The number of allylic oxidation sites excluding steroid dienone is 4. The first-order valence-corrected chi connectivity index (χ1v) is 11.7. The van der Waals surface area contributed by atoms with E-state index >= 15 is 0 Å². The first-order chi connectivity index (χ1) is 17.2. The van der Waals surface area contributed by atoms with Crippen molar-refractivity contribution >= 4 is 29.6 Å². The van der Waals surface area contributed by atoms with Crippen LogP contribution >= 0.6 is 11.6 Å². The number of alkyl halides is 1. The summed E-state index contributed by atoms with van der Waals surface area (Å²) in [5.74, 6) is -0.127. The van der Waals surface area contributed by atoms with Crippen LogP contribution in [0.15, 0.2) is 62.3 Å². The summed E-state index contributed by atoms with van der Waals surface area (Å²) in [6, 6.07) is 0.978. The highest BCUT2D eigenvalue weighted by atomic mass is 35.5. The van der Waals surface area contributed by atoms with E-state index in [1.54, 1.807) is 26.0 Å². The number of halogens is 2. The van der Waals surface area contributed by atoms with Crippen molar-refractivity contribution < 1.29 is 28.0 Å². The van der Waals surface area contributed by atoms with Crippen LogP contribution in [0.2, 0.25) is 0 Å². The molecule has 2 aliphatic carbocycles. The third kappa shape index (κ3) is 8.26. The van der Waals surface area contributed by atoms with Crippen LogP contribution in [0.4, 0.5) is 9.18 Å². The fourth-order valence-corrected chi connectivity index (χ4v) is 3.41. The van der Waals surface area contributed by atoms with Crippen LogP contribution in [0.3, 0.4) is 0 Å². The lowest BCUT2D eigenvalue weighted by molar-refractivity contribution is -0.144. The largest absolute Gasteiger partial charge is 0.469 e.